The Labute approximate surface area is 250 Å². The quantitative estimate of drug-likeness (QED) is 0.249. The molecule has 0 saturated heterocycles. The number of carbonyl (C=O) groups excluding carboxylic acids is 1. The van der Waals surface area contributed by atoms with E-state index in [1.807, 2.05) is 35.2 Å². The van der Waals surface area contributed by atoms with E-state index in [2.05, 4.69) is 10.3 Å². The van der Waals surface area contributed by atoms with Gasteiger partial charge in [0.25, 0.3) is 0 Å². The van der Waals surface area contributed by atoms with Gasteiger partial charge in [-0.25, -0.2) is 8.78 Å². The molecule has 0 spiro atoms. The molecule has 3 aromatic rings. The average molecular weight is 591 g/mol. The monoisotopic (exact) mass is 590 g/mol. The summed E-state index contributed by atoms with van der Waals surface area (Å²) in [6.45, 7) is 0.634. The normalized spacial score (nSPS) is 28.7. The smallest absolute Gasteiger partial charge is 0.248 e. The summed E-state index contributed by atoms with van der Waals surface area (Å²) in [6, 6.07) is 10.0. The van der Waals surface area contributed by atoms with Gasteiger partial charge in [0.05, 0.1) is 5.69 Å². The molecule has 0 unspecified atom stereocenters. The van der Waals surface area contributed by atoms with Crippen LogP contribution in [0.1, 0.15) is 126 Å². The van der Waals surface area contributed by atoms with Crippen LogP contribution in [-0.4, -0.2) is 33.7 Å². The van der Waals surface area contributed by atoms with Crippen molar-refractivity contribution in [2.24, 2.45) is 11.3 Å². The SMILES string of the molecule is O=C(CC1CCC(F)(F)CC1)N(CC12CCC(c3nc(C4CC4)no3)(CC1)CC2)c1cccc(-c2cc(C3CC3)no2)c1. The maximum absolute atomic E-state index is 14.1. The molecule has 2 aromatic heterocycles. The third-order valence-electron chi connectivity index (χ3n) is 11.3. The van der Waals surface area contributed by atoms with Crippen LogP contribution in [0.2, 0.25) is 0 Å². The van der Waals surface area contributed by atoms with Crippen molar-refractivity contribution in [2.45, 2.75) is 119 Å². The van der Waals surface area contributed by atoms with Gasteiger partial charge in [-0.2, -0.15) is 4.98 Å². The zero-order valence-electron chi connectivity index (χ0n) is 24.7. The maximum Gasteiger partial charge on any atom is 0.248 e. The molecule has 0 atom stereocenters. The Bertz CT molecular complexity index is 1470. The molecule has 1 amide bonds. The largest absolute Gasteiger partial charge is 0.356 e. The lowest BCUT2D eigenvalue weighted by atomic mass is 9.53. The third kappa shape index (κ3) is 5.42. The van der Waals surface area contributed by atoms with Crippen molar-refractivity contribution in [2.75, 3.05) is 11.4 Å². The number of amides is 1. The van der Waals surface area contributed by atoms with Gasteiger partial charge < -0.3 is 13.9 Å². The van der Waals surface area contributed by atoms with Crippen LogP contribution in [0.25, 0.3) is 11.3 Å². The highest BCUT2D eigenvalue weighted by molar-refractivity contribution is 5.94. The lowest BCUT2D eigenvalue weighted by molar-refractivity contribution is -0.121. The Balaban J connectivity index is 1.03. The van der Waals surface area contributed by atoms with Crippen molar-refractivity contribution in [1.29, 1.82) is 0 Å². The third-order valence-corrected chi connectivity index (χ3v) is 11.3. The maximum atomic E-state index is 14.1. The first-order valence-electron chi connectivity index (χ1n) is 16.4. The van der Waals surface area contributed by atoms with E-state index in [1.54, 1.807) is 0 Å². The number of anilines is 1. The Morgan fingerprint density at radius 1 is 0.860 bits per heavy atom. The molecule has 43 heavy (non-hydrogen) atoms. The summed E-state index contributed by atoms with van der Waals surface area (Å²) in [6.07, 6.45) is 11.4. The molecule has 2 heterocycles. The van der Waals surface area contributed by atoms with E-state index in [-0.39, 0.29) is 35.5 Å². The minimum absolute atomic E-state index is 0.00534. The molecule has 6 aliphatic carbocycles. The average Bonchev–Trinajstić information content (AvgIpc) is 3.96. The number of alkyl halides is 2. The number of hydrogen-bond acceptors (Lipinski definition) is 6. The molecule has 9 heteroatoms. The van der Waals surface area contributed by atoms with Crippen molar-refractivity contribution in [3.05, 3.63) is 47.7 Å². The molecule has 228 valence electrons. The fourth-order valence-electron chi connectivity index (χ4n) is 7.92. The van der Waals surface area contributed by atoms with Crippen LogP contribution in [0.15, 0.2) is 39.4 Å². The first-order valence-corrected chi connectivity index (χ1v) is 16.4. The van der Waals surface area contributed by atoms with Gasteiger partial charge in [0.2, 0.25) is 17.7 Å². The molecule has 0 radical (unpaired) electrons. The highest BCUT2D eigenvalue weighted by atomic mass is 19.3. The number of fused-ring (bicyclic) bond motifs is 3. The lowest BCUT2D eigenvalue weighted by Gasteiger charge is -2.53. The van der Waals surface area contributed by atoms with Crippen LogP contribution in [0.5, 0.6) is 0 Å². The number of benzene rings is 1. The Morgan fingerprint density at radius 3 is 2.28 bits per heavy atom. The molecule has 0 N–H and O–H groups in total. The molecule has 7 nitrogen and oxygen atoms in total. The van der Waals surface area contributed by atoms with E-state index >= 15 is 0 Å². The molecular formula is C34H40F2N4O3. The molecular weight excluding hydrogens is 550 g/mol. The second-order valence-corrected chi connectivity index (χ2v) is 14.4. The molecule has 6 fully saturated rings. The second kappa shape index (κ2) is 10.2. The summed E-state index contributed by atoms with van der Waals surface area (Å²) >= 11 is 0. The second-order valence-electron chi connectivity index (χ2n) is 14.4. The van der Waals surface area contributed by atoms with E-state index in [1.165, 1.54) is 0 Å². The predicted octanol–water partition coefficient (Wildman–Crippen LogP) is 8.32. The van der Waals surface area contributed by atoms with Crippen molar-refractivity contribution < 1.29 is 22.6 Å². The first-order chi connectivity index (χ1) is 20.8. The van der Waals surface area contributed by atoms with Crippen LogP contribution in [-0.2, 0) is 10.2 Å². The summed E-state index contributed by atoms with van der Waals surface area (Å²) in [5, 5.41) is 8.59. The summed E-state index contributed by atoms with van der Waals surface area (Å²) in [7, 11) is 0. The van der Waals surface area contributed by atoms with Gasteiger partial charge in [-0.05, 0) is 101 Å². The molecule has 1 aromatic carbocycles. The summed E-state index contributed by atoms with van der Waals surface area (Å²) < 4.78 is 39.3. The first kappa shape index (κ1) is 27.4. The fourth-order valence-corrected chi connectivity index (χ4v) is 7.92. The van der Waals surface area contributed by atoms with Crippen molar-refractivity contribution in [1.82, 2.24) is 15.3 Å². The molecule has 6 aliphatic rings. The summed E-state index contributed by atoms with van der Waals surface area (Å²) in [5.74, 6) is 0.808. The lowest BCUT2D eigenvalue weighted by Crippen LogP contribution is -2.51. The van der Waals surface area contributed by atoms with Crippen LogP contribution >= 0.6 is 0 Å². The number of nitrogens with zero attached hydrogens (tertiary/aromatic N) is 4. The van der Waals surface area contributed by atoms with Crippen LogP contribution in [0.4, 0.5) is 14.5 Å². The predicted molar refractivity (Wildman–Crippen MR) is 156 cm³/mol. The number of hydrogen-bond donors (Lipinski definition) is 0. The van der Waals surface area contributed by atoms with Gasteiger partial charge in [0, 0.05) is 60.4 Å². The molecule has 6 saturated carbocycles. The van der Waals surface area contributed by atoms with Gasteiger partial charge in [0.15, 0.2) is 11.6 Å². The van der Waals surface area contributed by atoms with Crippen LogP contribution in [0.3, 0.4) is 0 Å². The summed E-state index contributed by atoms with van der Waals surface area (Å²) in [4.78, 5) is 20.9. The number of carbonyl (C=O) groups is 1. The number of halogens is 2. The van der Waals surface area contributed by atoms with E-state index in [9.17, 15) is 13.6 Å². The Kier molecular flexibility index (Phi) is 6.53. The van der Waals surface area contributed by atoms with Gasteiger partial charge in [-0.3, -0.25) is 4.79 Å². The van der Waals surface area contributed by atoms with Crippen molar-refractivity contribution >= 4 is 11.6 Å². The van der Waals surface area contributed by atoms with Crippen LogP contribution in [0, 0.1) is 11.3 Å². The van der Waals surface area contributed by atoms with Crippen LogP contribution < -0.4 is 4.90 Å². The zero-order valence-corrected chi connectivity index (χ0v) is 24.7. The van der Waals surface area contributed by atoms with Gasteiger partial charge in [0.1, 0.15) is 0 Å². The van der Waals surface area contributed by atoms with E-state index < -0.39 is 5.92 Å². The molecule has 0 aliphatic heterocycles. The zero-order chi connectivity index (χ0) is 29.2. The van der Waals surface area contributed by atoms with Crippen molar-refractivity contribution in [3.63, 3.8) is 0 Å². The minimum atomic E-state index is -2.60. The van der Waals surface area contributed by atoms with E-state index in [0.717, 1.165) is 92.9 Å². The van der Waals surface area contributed by atoms with E-state index in [4.69, 9.17) is 14.0 Å². The summed E-state index contributed by atoms with van der Waals surface area (Å²) in [5.41, 5.74) is 2.71. The molecule has 2 bridgehead atoms. The topological polar surface area (TPSA) is 85.3 Å². The standard InChI is InChI=1S/C34H40F2N4O3/c35-34(36)10-8-22(9-11-34)18-29(41)40(26-3-1-2-25(19-26)28-20-27(38-42-28)23-4-5-23)21-32-12-15-33(16-13-32,17-14-32)31-37-30(39-43-31)24-6-7-24/h1-3,19-20,22-24H,4-18,21H2. The number of aromatic nitrogens is 3. The van der Waals surface area contributed by atoms with Gasteiger partial charge in [-0.1, -0.05) is 22.4 Å². The number of rotatable bonds is 9. The molecule has 9 rings (SSSR count). The fraction of sp³-hybridized carbons (Fsp3) is 0.647. The Hall–Kier alpha value is -3.10. The highest BCUT2D eigenvalue weighted by Gasteiger charge is 2.53. The van der Waals surface area contributed by atoms with Gasteiger partial charge >= 0.3 is 0 Å². The van der Waals surface area contributed by atoms with E-state index in [0.29, 0.717) is 43.4 Å². The minimum Gasteiger partial charge on any atom is -0.356 e. The van der Waals surface area contributed by atoms with Crippen molar-refractivity contribution in [3.8, 4) is 11.3 Å². The van der Waals surface area contributed by atoms with Gasteiger partial charge in [-0.15, -0.1) is 0 Å². The Morgan fingerprint density at radius 2 is 1.58 bits per heavy atom. The highest BCUT2D eigenvalue weighted by Crippen LogP contribution is 2.58.